The quantitative estimate of drug-likeness (QED) is 0.718. The Kier molecular flexibility index (Phi) is 4.75. The monoisotopic (exact) mass is 335 g/mol. The fourth-order valence-electron chi connectivity index (χ4n) is 2.54. The van der Waals surface area contributed by atoms with Gasteiger partial charge in [0.25, 0.3) is 5.91 Å². The lowest BCUT2D eigenvalue weighted by atomic mass is 10.1. The number of hydrogen-bond acceptors (Lipinski definition) is 3. The van der Waals surface area contributed by atoms with Crippen LogP contribution in [0.4, 0.5) is 21.5 Å². The van der Waals surface area contributed by atoms with Gasteiger partial charge in [0, 0.05) is 17.6 Å². The molecule has 0 atom stereocenters. The number of aryl methyl sites for hydroxylation is 2. The molecule has 0 radical (unpaired) electrons. The minimum absolute atomic E-state index is 0.127. The van der Waals surface area contributed by atoms with Crippen molar-refractivity contribution in [3.63, 3.8) is 0 Å². The molecule has 4 nitrogen and oxygen atoms in total. The Labute approximate surface area is 145 Å². The molecule has 3 rings (SSSR count). The average Bonchev–Trinajstić information content (AvgIpc) is 2.60. The molecule has 2 aromatic carbocycles. The summed E-state index contributed by atoms with van der Waals surface area (Å²) in [7, 11) is 0. The molecule has 25 heavy (non-hydrogen) atoms. The first kappa shape index (κ1) is 16.6. The number of carbonyl (C=O) groups is 1. The van der Waals surface area contributed by atoms with Gasteiger partial charge in [-0.25, -0.2) is 4.39 Å². The molecule has 3 aromatic rings. The summed E-state index contributed by atoms with van der Waals surface area (Å²) < 4.78 is 13.7. The Hall–Kier alpha value is -3.21. The van der Waals surface area contributed by atoms with Gasteiger partial charge in [0.1, 0.15) is 11.5 Å². The number of nitrogens with zero attached hydrogens (tertiary/aromatic N) is 1. The van der Waals surface area contributed by atoms with Crippen LogP contribution >= 0.6 is 0 Å². The van der Waals surface area contributed by atoms with Crippen LogP contribution in [0.2, 0.25) is 0 Å². The van der Waals surface area contributed by atoms with Crippen molar-refractivity contribution in [2.75, 3.05) is 10.6 Å². The Morgan fingerprint density at radius 2 is 1.72 bits per heavy atom. The maximum absolute atomic E-state index is 13.7. The zero-order chi connectivity index (χ0) is 17.8. The normalized spacial score (nSPS) is 10.4. The number of aromatic nitrogens is 1. The molecule has 0 unspecified atom stereocenters. The summed E-state index contributed by atoms with van der Waals surface area (Å²) in [4.78, 5) is 16.4. The molecule has 0 bridgehead atoms. The van der Waals surface area contributed by atoms with Crippen molar-refractivity contribution in [1.29, 1.82) is 0 Å². The van der Waals surface area contributed by atoms with E-state index in [9.17, 15) is 9.18 Å². The largest absolute Gasteiger partial charge is 0.355 e. The highest BCUT2D eigenvalue weighted by Gasteiger charge is 2.11. The number of rotatable bonds is 4. The van der Waals surface area contributed by atoms with Crippen LogP contribution in [0.25, 0.3) is 0 Å². The molecule has 126 valence electrons. The summed E-state index contributed by atoms with van der Waals surface area (Å²) in [6, 6.07) is 15.5. The van der Waals surface area contributed by atoms with Gasteiger partial charge in [-0.3, -0.25) is 9.78 Å². The molecule has 0 saturated carbocycles. The predicted molar refractivity (Wildman–Crippen MR) is 97.8 cm³/mol. The second-order valence-electron chi connectivity index (χ2n) is 5.76. The van der Waals surface area contributed by atoms with Crippen LogP contribution in [0, 0.1) is 19.7 Å². The van der Waals surface area contributed by atoms with Crippen molar-refractivity contribution in [2.45, 2.75) is 13.8 Å². The van der Waals surface area contributed by atoms with Crippen LogP contribution in [0.1, 0.15) is 21.6 Å². The lowest BCUT2D eigenvalue weighted by molar-refractivity contribution is 0.102. The van der Waals surface area contributed by atoms with Crippen LogP contribution in [0.3, 0.4) is 0 Å². The van der Waals surface area contributed by atoms with Gasteiger partial charge in [0.05, 0.1) is 5.69 Å². The average molecular weight is 335 g/mol. The van der Waals surface area contributed by atoms with Crippen LogP contribution in [-0.4, -0.2) is 10.9 Å². The number of pyridine rings is 1. The van der Waals surface area contributed by atoms with Crippen molar-refractivity contribution in [3.8, 4) is 0 Å². The molecule has 1 heterocycles. The van der Waals surface area contributed by atoms with E-state index in [1.54, 1.807) is 30.5 Å². The van der Waals surface area contributed by atoms with Gasteiger partial charge in [0.15, 0.2) is 0 Å². The summed E-state index contributed by atoms with van der Waals surface area (Å²) in [5, 5.41) is 5.85. The zero-order valence-corrected chi connectivity index (χ0v) is 14.0. The third-order valence-corrected chi connectivity index (χ3v) is 3.87. The number of halogens is 1. The minimum atomic E-state index is -0.485. The van der Waals surface area contributed by atoms with Gasteiger partial charge >= 0.3 is 0 Å². The lowest BCUT2D eigenvalue weighted by Crippen LogP contribution is -2.14. The second kappa shape index (κ2) is 7.13. The lowest BCUT2D eigenvalue weighted by Gasteiger charge is -2.13. The van der Waals surface area contributed by atoms with Crippen molar-refractivity contribution in [3.05, 3.63) is 83.4 Å². The highest BCUT2D eigenvalue weighted by atomic mass is 19.1. The first-order valence-electron chi connectivity index (χ1n) is 7.90. The smallest absolute Gasteiger partial charge is 0.274 e. The van der Waals surface area contributed by atoms with E-state index >= 15 is 0 Å². The van der Waals surface area contributed by atoms with Gasteiger partial charge in [-0.05, 0) is 49.2 Å². The number of hydrogen-bond donors (Lipinski definition) is 2. The van der Waals surface area contributed by atoms with E-state index in [1.165, 1.54) is 12.1 Å². The van der Waals surface area contributed by atoms with Crippen LogP contribution in [0.15, 0.2) is 60.8 Å². The Morgan fingerprint density at radius 1 is 1.00 bits per heavy atom. The van der Waals surface area contributed by atoms with Gasteiger partial charge in [-0.2, -0.15) is 0 Å². The maximum Gasteiger partial charge on any atom is 0.274 e. The first-order chi connectivity index (χ1) is 12.0. The zero-order valence-electron chi connectivity index (χ0n) is 14.0. The molecule has 0 aliphatic rings. The number of benzene rings is 2. The summed E-state index contributed by atoms with van der Waals surface area (Å²) in [5.41, 5.74) is 4.28. The van der Waals surface area contributed by atoms with Gasteiger partial charge in [-0.15, -0.1) is 0 Å². The van der Waals surface area contributed by atoms with Crippen molar-refractivity contribution >= 4 is 23.0 Å². The van der Waals surface area contributed by atoms with E-state index in [-0.39, 0.29) is 11.4 Å². The SMILES string of the molecule is Cc1cccc(C)c1Nc1ccnc(C(=O)Nc2ccccc2F)c1. The van der Waals surface area contributed by atoms with Crippen molar-refractivity contribution in [1.82, 2.24) is 4.98 Å². The Bertz CT molecular complexity index is 904. The van der Waals surface area contributed by atoms with Crippen LogP contribution in [-0.2, 0) is 0 Å². The second-order valence-corrected chi connectivity index (χ2v) is 5.76. The number of para-hydroxylation sites is 2. The fraction of sp³-hybridized carbons (Fsp3) is 0.100. The van der Waals surface area contributed by atoms with Gasteiger partial charge in [0.2, 0.25) is 0 Å². The maximum atomic E-state index is 13.7. The third-order valence-electron chi connectivity index (χ3n) is 3.87. The molecular formula is C20H18FN3O. The molecule has 2 N–H and O–H groups in total. The molecule has 0 fully saturated rings. The number of amides is 1. The molecule has 0 aliphatic carbocycles. The van der Waals surface area contributed by atoms with Gasteiger partial charge < -0.3 is 10.6 Å². The fourth-order valence-corrected chi connectivity index (χ4v) is 2.54. The molecule has 1 amide bonds. The van der Waals surface area contributed by atoms with E-state index in [4.69, 9.17) is 0 Å². The topological polar surface area (TPSA) is 54.0 Å². The number of carbonyl (C=O) groups excluding carboxylic acids is 1. The van der Waals surface area contributed by atoms with Crippen molar-refractivity contribution < 1.29 is 9.18 Å². The predicted octanol–water partition coefficient (Wildman–Crippen LogP) is 4.83. The van der Waals surface area contributed by atoms with E-state index < -0.39 is 11.7 Å². The number of anilines is 3. The highest BCUT2D eigenvalue weighted by Crippen LogP contribution is 2.24. The highest BCUT2D eigenvalue weighted by molar-refractivity contribution is 6.03. The van der Waals surface area contributed by atoms with E-state index in [2.05, 4.69) is 15.6 Å². The Morgan fingerprint density at radius 3 is 2.44 bits per heavy atom. The van der Waals surface area contributed by atoms with E-state index in [0.717, 1.165) is 22.5 Å². The standard InChI is InChI=1S/C20H18FN3O/c1-13-6-5-7-14(2)19(13)23-15-10-11-22-18(12-15)20(25)24-17-9-4-3-8-16(17)21/h3-12H,1-2H3,(H,22,23)(H,24,25). The summed E-state index contributed by atoms with van der Waals surface area (Å²) in [6.45, 7) is 4.03. The third kappa shape index (κ3) is 3.83. The molecule has 1 aromatic heterocycles. The first-order valence-corrected chi connectivity index (χ1v) is 7.90. The van der Waals surface area contributed by atoms with Crippen molar-refractivity contribution in [2.24, 2.45) is 0 Å². The van der Waals surface area contributed by atoms with Crippen LogP contribution < -0.4 is 10.6 Å². The molecule has 5 heteroatoms. The molecule has 0 saturated heterocycles. The van der Waals surface area contributed by atoms with E-state index in [1.807, 2.05) is 32.0 Å². The Balaban J connectivity index is 1.82. The van der Waals surface area contributed by atoms with E-state index in [0.29, 0.717) is 0 Å². The van der Waals surface area contributed by atoms with Gasteiger partial charge in [-0.1, -0.05) is 30.3 Å². The molecule has 0 spiro atoms. The molecular weight excluding hydrogens is 317 g/mol. The summed E-state index contributed by atoms with van der Waals surface area (Å²) >= 11 is 0. The van der Waals surface area contributed by atoms with Crippen LogP contribution in [0.5, 0.6) is 0 Å². The number of nitrogens with one attached hydrogen (secondary N) is 2. The molecule has 0 aliphatic heterocycles. The summed E-state index contributed by atoms with van der Waals surface area (Å²) in [5.74, 6) is -0.948. The summed E-state index contributed by atoms with van der Waals surface area (Å²) in [6.07, 6.45) is 1.55. The minimum Gasteiger partial charge on any atom is -0.355 e.